The minimum absolute atomic E-state index is 0.000417. The first kappa shape index (κ1) is 22.2. The van der Waals surface area contributed by atoms with Gasteiger partial charge in [0.1, 0.15) is 5.69 Å². The minimum Gasteiger partial charge on any atom is -0.493 e. The summed E-state index contributed by atoms with van der Waals surface area (Å²) in [6.45, 7) is 4.55. The van der Waals surface area contributed by atoms with Crippen molar-refractivity contribution in [1.82, 2.24) is 4.98 Å². The first-order valence-corrected chi connectivity index (χ1v) is 8.89. The zero-order valence-electron chi connectivity index (χ0n) is 16.3. The maximum absolute atomic E-state index is 13.6. The molecule has 1 aromatic carbocycles. The summed E-state index contributed by atoms with van der Waals surface area (Å²) in [5, 5.41) is 2.37. The van der Waals surface area contributed by atoms with Gasteiger partial charge in [-0.3, -0.25) is 14.6 Å². The Morgan fingerprint density at radius 1 is 1.34 bits per heavy atom. The van der Waals surface area contributed by atoms with Crippen LogP contribution >= 0.6 is 0 Å². The highest BCUT2D eigenvalue weighted by Gasteiger charge is 2.34. The number of nitrogens with two attached hydrogens (primary N) is 1. The van der Waals surface area contributed by atoms with Gasteiger partial charge in [-0.15, -0.1) is 0 Å². The summed E-state index contributed by atoms with van der Waals surface area (Å²) in [5.41, 5.74) is 6.27. The van der Waals surface area contributed by atoms with Crippen LogP contribution in [0.25, 0.3) is 0 Å². The summed E-state index contributed by atoms with van der Waals surface area (Å²) in [6, 6.07) is 5.68. The van der Waals surface area contributed by atoms with Crippen LogP contribution in [0.1, 0.15) is 35.8 Å². The van der Waals surface area contributed by atoms with E-state index in [0.717, 1.165) is 6.07 Å². The van der Waals surface area contributed by atoms with Crippen LogP contribution in [0.15, 0.2) is 30.5 Å². The lowest BCUT2D eigenvalue weighted by molar-refractivity contribution is -0.105. The Balaban J connectivity index is 0.000000221. The van der Waals surface area contributed by atoms with Crippen molar-refractivity contribution < 1.29 is 27.8 Å². The number of aromatic nitrogens is 1. The molecule has 29 heavy (non-hydrogen) atoms. The number of pyridine rings is 1. The fourth-order valence-electron chi connectivity index (χ4n) is 3.03. The third-order valence-electron chi connectivity index (χ3n) is 4.84. The molecule has 0 spiro atoms. The number of nitrogens with one attached hydrogen (secondary N) is 1. The van der Waals surface area contributed by atoms with E-state index < -0.39 is 17.5 Å². The van der Waals surface area contributed by atoms with E-state index in [0.29, 0.717) is 24.3 Å². The van der Waals surface area contributed by atoms with Crippen LogP contribution in [0.4, 0.5) is 14.5 Å². The van der Waals surface area contributed by atoms with E-state index in [1.54, 1.807) is 12.1 Å². The van der Waals surface area contributed by atoms with Gasteiger partial charge in [0.05, 0.1) is 19.8 Å². The summed E-state index contributed by atoms with van der Waals surface area (Å²) in [6.07, 6.45) is 2.03. The predicted octanol–water partition coefficient (Wildman–Crippen LogP) is 2.86. The number of hydrogen-bond acceptors (Lipinski definition) is 5. The lowest BCUT2D eigenvalue weighted by Gasteiger charge is -2.19. The van der Waals surface area contributed by atoms with Crippen molar-refractivity contribution in [3.8, 4) is 5.75 Å². The fraction of sp³-hybridized carbons (Fsp3) is 0.350. The van der Waals surface area contributed by atoms with Gasteiger partial charge in [-0.2, -0.15) is 4.39 Å². The van der Waals surface area contributed by atoms with Crippen molar-refractivity contribution in [1.29, 1.82) is 0 Å². The smallest absolute Gasteiger partial charge is 0.267 e. The predicted molar refractivity (Wildman–Crippen MR) is 103 cm³/mol. The van der Waals surface area contributed by atoms with Crippen LogP contribution < -0.4 is 15.8 Å². The van der Waals surface area contributed by atoms with Gasteiger partial charge in [-0.05, 0) is 31.0 Å². The van der Waals surface area contributed by atoms with Gasteiger partial charge in [-0.1, -0.05) is 13.0 Å². The number of nitrogens with zero attached hydrogens (tertiary/aromatic N) is 1. The Bertz CT molecular complexity index is 879. The van der Waals surface area contributed by atoms with E-state index in [4.69, 9.17) is 15.2 Å². The molecule has 1 aliphatic heterocycles. The molecule has 0 bridgehead atoms. The molecule has 1 aromatic heterocycles. The fourth-order valence-corrected chi connectivity index (χ4v) is 3.03. The van der Waals surface area contributed by atoms with Gasteiger partial charge in [0.15, 0.2) is 11.6 Å². The molecule has 2 aromatic rings. The molecular formula is C20H23F2N3O4. The molecule has 1 fully saturated rings. The van der Waals surface area contributed by atoms with E-state index in [-0.39, 0.29) is 29.4 Å². The number of primary amides is 1. The number of anilines is 1. The second kappa shape index (κ2) is 9.92. The number of methoxy groups -OCH3 is 1. The standard InChI is InChI=1S/C13H16F2O2.C7H7N3O2/c1-7-8(2)17-6-10(7)9-4-5-11(14)12(15)13(9)16-3;8-7(12)6-3-5(10-4-11)1-2-9-6/h4-5,7-8,10H,6H2,1-3H3;1-4H,(H2,8,12)(H,9,10,11). The number of halogens is 2. The van der Waals surface area contributed by atoms with E-state index in [9.17, 15) is 18.4 Å². The van der Waals surface area contributed by atoms with Crippen LogP contribution in [-0.4, -0.2) is 37.1 Å². The normalized spacial score (nSPS) is 20.4. The van der Waals surface area contributed by atoms with Crippen molar-refractivity contribution in [3.63, 3.8) is 0 Å². The first-order valence-electron chi connectivity index (χ1n) is 8.89. The highest BCUT2D eigenvalue weighted by atomic mass is 19.2. The number of benzene rings is 1. The molecule has 7 nitrogen and oxygen atoms in total. The average molecular weight is 407 g/mol. The maximum Gasteiger partial charge on any atom is 0.267 e. The quantitative estimate of drug-likeness (QED) is 0.742. The molecule has 0 radical (unpaired) electrons. The van der Waals surface area contributed by atoms with E-state index in [1.807, 2.05) is 13.8 Å². The summed E-state index contributed by atoms with van der Waals surface area (Å²) in [5.74, 6) is -2.12. The molecule has 0 saturated carbocycles. The van der Waals surface area contributed by atoms with Gasteiger partial charge in [-0.25, -0.2) is 4.39 Å². The Labute approximate surface area is 167 Å². The molecule has 0 aliphatic carbocycles. The Kier molecular flexibility index (Phi) is 7.60. The van der Waals surface area contributed by atoms with Crippen molar-refractivity contribution >= 4 is 18.0 Å². The molecular weight excluding hydrogens is 384 g/mol. The van der Waals surface area contributed by atoms with Gasteiger partial charge in [0.2, 0.25) is 12.2 Å². The van der Waals surface area contributed by atoms with Gasteiger partial charge in [0, 0.05) is 23.4 Å². The topological polar surface area (TPSA) is 104 Å². The van der Waals surface area contributed by atoms with Crippen LogP contribution in [-0.2, 0) is 9.53 Å². The third-order valence-corrected chi connectivity index (χ3v) is 4.84. The van der Waals surface area contributed by atoms with E-state index >= 15 is 0 Å². The molecule has 3 atom stereocenters. The monoisotopic (exact) mass is 407 g/mol. The summed E-state index contributed by atoms with van der Waals surface area (Å²) in [7, 11) is 1.35. The van der Waals surface area contributed by atoms with E-state index in [1.165, 1.54) is 19.4 Å². The van der Waals surface area contributed by atoms with Crippen LogP contribution in [0.3, 0.4) is 0 Å². The van der Waals surface area contributed by atoms with Crippen LogP contribution in [0.2, 0.25) is 0 Å². The van der Waals surface area contributed by atoms with Crippen molar-refractivity contribution in [2.45, 2.75) is 25.9 Å². The summed E-state index contributed by atoms with van der Waals surface area (Å²) < 4.78 is 37.2. The molecule has 3 N–H and O–H groups in total. The second-order valence-electron chi connectivity index (χ2n) is 6.54. The Morgan fingerprint density at radius 3 is 2.62 bits per heavy atom. The molecule has 2 amide bonds. The summed E-state index contributed by atoms with van der Waals surface area (Å²) >= 11 is 0. The first-order chi connectivity index (χ1) is 13.8. The van der Waals surface area contributed by atoms with Crippen molar-refractivity contribution in [3.05, 3.63) is 53.4 Å². The molecule has 3 rings (SSSR count). The van der Waals surface area contributed by atoms with Crippen LogP contribution in [0, 0.1) is 17.6 Å². The number of amides is 2. The number of ether oxygens (including phenoxy) is 2. The average Bonchev–Trinajstić information content (AvgIpc) is 3.03. The molecule has 2 heterocycles. The Hall–Kier alpha value is -3.07. The summed E-state index contributed by atoms with van der Waals surface area (Å²) in [4.78, 5) is 24.3. The van der Waals surface area contributed by atoms with Crippen LogP contribution in [0.5, 0.6) is 5.75 Å². The third kappa shape index (κ3) is 5.26. The number of hydrogen-bond donors (Lipinski definition) is 2. The SMILES string of the molecule is COc1c(C2COC(C)C2C)ccc(F)c1F.NC(=O)c1cc(NC=O)ccn1. The molecule has 9 heteroatoms. The maximum atomic E-state index is 13.6. The molecule has 1 saturated heterocycles. The van der Waals surface area contributed by atoms with Gasteiger partial charge < -0.3 is 20.5 Å². The minimum atomic E-state index is -0.920. The number of carbonyl (C=O) groups is 2. The largest absolute Gasteiger partial charge is 0.493 e. The molecule has 156 valence electrons. The number of carbonyl (C=O) groups excluding carboxylic acids is 2. The zero-order valence-corrected chi connectivity index (χ0v) is 16.3. The van der Waals surface area contributed by atoms with Gasteiger partial charge in [0.25, 0.3) is 5.91 Å². The lowest BCUT2D eigenvalue weighted by Crippen LogP contribution is -2.14. The lowest BCUT2D eigenvalue weighted by atomic mass is 9.86. The Morgan fingerprint density at radius 2 is 2.07 bits per heavy atom. The molecule has 3 unspecified atom stereocenters. The second-order valence-corrected chi connectivity index (χ2v) is 6.54. The zero-order chi connectivity index (χ0) is 21.6. The van der Waals surface area contributed by atoms with Crippen molar-refractivity contribution in [2.24, 2.45) is 11.7 Å². The highest BCUT2D eigenvalue weighted by molar-refractivity contribution is 5.92. The van der Waals surface area contributed by atoms with Crippen molar-refractivity contribution in [2.75, 3.05) is 19.0 Å². The van der Waals surface area contributed by atoms with E-state index in [2.05, 4.69) is 10.3 Å². The van der Waals surface area contributed by atoms with Gasteiger partial charge >= 0.3 is 0 Å². The molecule has 1 aliphatic rings. The number of rotatable bonds is 5. The highest BCUT2D eigenvalue weighted by Crippen LogP contribution is 2.40.